The minimum absolute atomic E-state index is 0.680. The van der Waals surface area contributed by atoms with Gasteiger partial charge in [-0.3, -0.25) is 4.90 Å². The summed E-state index contributed by atoms with van der Waals surface area (Å²) in [6.07, 6.45) is 2.68. The molecule has 2 fully saturated rings. The zero-order valence-electron chi connectivity index (χ0n) is 8.65. The summed E-state index contributed by atoms with van der Waals surface area (Å²) in [5.74, 6) is 5.32. The van der Waals surface area contributed by atoms with Crippen LogP contribution in [0.1, 0.15) is 12.8 Å². The molecule has 14 heavy (non-hydrogen) atoms. The third-order valence-electron chi connectivity index (χ3n) is 3.16. The number of hydrogen-bond donors (Lipinski definition) is 1. The van der Waals surface area contributed by atoms with Crippen LogP contribution >= 0.6 is 23.5 Å². The van der Waals surface area contributed by atoms with Crippen molar-refractivity contribution in [3.8, 4) is 0 Å². The van der Waals surface area contributed by atoms with Crippen LogP contribution in [0.3, 0.4) is 0 Å². The molecule has 2 saturated heterocycles. The Balaban J connectivity index is 1.91. The average Bonchev–Trinajstić information content (AvgIpc) is 2.52. The van der Waals surface area contributed by atoms with Gasteiger partial charge in [0.1, 0.15) is 0 Å². The Labute approximate surface area is 95.4 Å². The van der Waals surface area contributed by atoms with E-state index in [9.17, 15) is 0 Å². The molecule has 2 N–H and O–H groups in total. The van der Waals surface area contributed by atoms with Crippen molar-refractivity contribution in [1.82, 2.24) is 4.90 Å². The Morgan fingerprint density at radius 3 is 2.57 bits per heavy atom. The minimum Gasteiger partial charge on any atom is -0.329 e. The molecule has 2 rings (SSSR count). The summed E-state index contributed by atoms with van der Waals surface area (Å²) in [6.45, 7) is 2.14. The van der Waals surface area contributed by atoms with Crippen LogP contribution in [0.2, 0.25) is 0 Å². The summed E-state index contributed by atoms with van der Waals surface area (Å²) in [5, 5.41) is 0. The Morgan fingerprint density at radius 2 is 1.93 bits per heavy atom. The van der Waals surface area contributed by atoms with Gasteiger partial charge in [-0.05, 0) is 19.4 Å². The lowest BCUT2D eigenvalue weighted by Crippen LogP contribution is -2.45. The van der Waals surface area contributed by atoms with Crippen LogP contribution in [0, 0.1) is 0 Å². The quantitative estimate of drug-likeness (QED) is 0.776. The molecule has 4 heteroatoms. The van der Waals surface area contributed by atoms with E-state index >= 15 is 0 Å². The molecule has 0 aliphatic carbocycles. The molecule has 0 spiro atoms. The topological polar surface area (TPSA) is 29.3 Å². The van der Waals surface area contributed by atoms with Gasteiger partial charge in [0, 0.05) is 41.6 Å². The molecule has 1 atom stereocenters. The van der Waals surface area contributed by atoms with Crippen LogP contribution in [-0.2, 0) is 0 Å². The van der Waals surface area contributed by atoms with E-state index in [2.05, 4.69) is 28.4 Å². The Morgan fingerprint density at radius 1 is 1.21 bits per heavy atom. The van der Waals surface area contributed by atoms with Gasteiger partial charge < -0.3 is 5.73 Å². The summed E-state index contributed by atoms with van der Waals surface area (Å²) in [6, 6.07) is 1.47. The maximum absolute atomic E-state index is 5.81. The molecule has 0 amide bonds. The summed E-state index contributed by atoms with van der Waals surface area (Å²) in [5.41, 5.74) is 5.81. The fraction of sp³-hybridized carbons (Fsp3) is 1.00. The van der Waals surface area contributed by atoms with E-state index in [0.29, 0.717) is 6.04 Å². The molecule has 0 aromatic carbocycles. The Bertz CT molecular complexity index is 170. The zero-order chi connectivity index (χ0) is 9.80. The zero-order valence-corrected chi connectivity index (χ0v) is 10.3. The van der Waals surface area contributed by atoms with E-state index in [-0.39, 0.29) is 0 Å². The summed E-state index contributed by atoms with van der Waals surface area (Å²) in [4.78, 5) is 2.67. The highest BCUT2D eigenvalue weighted by atomic mass is 32.2. The SMILES string of the molecule is NCC1CCCN1C1CSCCSC1. The van der Waals surface area contributed by atoms with Gasteiger partial charge in [-0.15, -0.1) is 0 Å². The van der Waals surface area contributed by atoms with E-state index < -0.39 is 0 Å². The molecule has 2 heterocycles. The number of likely N-dealkylation sites (tertiary alicyclic amines) is 1. The van der Waals surface area contributed by atoms with Crippen LogP contribution in [0.4, 0.5) is 0 Å². The molecule has 0 aromatic rings. The van der Waals surface area contributed by atoms with E-state index in [4.69, 9.17) is 5.73 Å². The molecule has 82 valence electrons. The van der Waals surface area contributed by atoms with E-state index in [1.807, 2.05) is 0 Å². The van der Waals surface area contributed by atoms with Gasteiger partial charge >= 0.3 is 0 Å². The number of rotatable bonds is 2. The molecular formula is C10H20N2S2. The fourth-order valence-corrected chi connectivity index (χ4v) is 4.98. The number of nitrogens with two attached hydrogens (primary N) is 1. The van der Waals surface area contributed by atoms with Crippen molar-refractivity contribution >= 4 is 23.5 Å². The standard InChI is InChI=1S/C10H20N2S2/c11-6-9-2-1-3-12(9)10-7-13-4-5-14-8-10/h9-10H,1-8,11H2. The first-order chi connectivity index (χ1) is 6.92. The second-order valence-electron chi connectivity index (χ2n) is 4.07. The Kier molecular flexibility index (Phi) is 4.47. The van der Waals surface area contributed by atoms with Gasteiger partial charge in [0.05, 0.1) is 0 Å². The molecular weight excluding hydrogens is 212 g/mol. The lowest BCUT2D eigenvalue weighted by molar-refractivity contribution is 0.214. The summed E-state index contributed by atoms with van der Waals surface area (Å²) in [7, 11) is 0. The Hall–Kier alpha value is 0.620. The first kappa shape index (κ1) is 11.1. The number of nitrogens with zero attached hydrogens (tertiary/aromatic N) is 1. The van der Waals surface area contributed by atoms with Crippen LogP contribution in [0.15, 0.2) is 0 Å². The van der Waals surface area contributed by atoms with E-state index in [0.717, 1.165) is 12.6 Å². The fourth-order valence-electron chi connectivity index (χ4n) is 2.39. The van der Waals surface area contributed by atoms with Gasteiger partial charge in [-0.1, -0.05) is 0 Å². The lowest BCUT2D eigenvalue weighted by atomic mass is 10.2. The molecule has 2 aliphatic heterocycles. The van der Waals surface area contributed by atoms with Crippen molar-refractivity contribution in [3.63, 3.8) is 0 Å². The highest BCUT2D eigenvalue weighted by Gasteiger charge is 2.30. The van der Waals surface area contributed by atoms with Gasteiger partial charge in [0.15, 0.2) is 0 Å². The molecule has 0 saturated carbocycles. The highest BCUT2D eigenvalue weighted by Crippen LogP contribution is 2.26. The normalized spacial score (nSPS) is 31.9. The molecule has 0 bridgehead atoms. The second-order valence-corrected chi connectivity index (χ2v) is 6.37. The molecule has 2 aliphatic rings. The first-order valence-electron chi connectivity index (χ1n) is 5.53. The van der Waals surface area contributed by atoms with Crippen molar-refractivity contribution in [3.05, 3.63) is 0 Å². The van der Waals surface area contributed by atoms with Crippen molar-refractivity contribution in [2.45, 2.75) is 24.9 Å². The van der Waals surface area contributed by atoms with Crippen molar-refractivity contribution < 1.29 is 0 Å². The second kappa shape index (κ2) is 5.64. The molecule has 0 aromatic heterocycles. The average molecular weight is 232 g/mol. The van der Waals surface area contributed by atoms with Crippen LogP contribution in [-0.4, -0.2) is 53.1 Å². The lowest BCUT2D eigenvalue weighted by Gasteiger charge is -2.31. The van der Waals surface area contributed by atoms with Gasteiger partial charge in [0.2, 0.25) is 0 Å². The monoisotopic (exact) mass is 232 g/mol. The smallest absolute Gasteiger partial charge is 0.0280 e. The van der Waals surface area contributed by atoms with E-state index in [1.165, 1.54) is 42.4 Å². The number of thioether (sulfide) groups is 2. The van der Waals surface area contributed by atoms with Gasteiger partial charge in [-0.2, -0.15) is 23.5 Å². The third-order valence-corrected chi connectivity index (χ3v) is 5.64. The molecule has 2 nitrogen and oxygen atoms in total. The maximum atomic E-state index is 5.81. The highest BCUT2D eigenvalue weighted by molar-refractivity contribution is 8.03. The summed E-state index contributed by atoms with van der Waals surface area (Å²) < 4.78 is 0. The minimum atomic E-state index is 0.680. The number of hydrogen-bond acceptors (Lipinski definition) is 4. The van der Waals surface area contributed by atoms with Crippen LogP contribution in [0.5, 0.6) is 0 Å². The molecule has 0 radical (unpaired) electrons. The largest absolute Gasteiger partial charge is 0.329 e. The van der Waals surface area contributed by atoms with Crippen molar-refractivity contribution in [1.29, 1.82) is 0 Å². The van der Waals surface area contributed by atoms with Crippen LogP contribution in [0.25, 0.3) is 0 Å². The predicted molar refractivity (Wildman–Crippen MR) is 67.2 cm³/mol. The van der Waals surface area contributed by atoms with Crippen LogP contribution < -0.4 is 5.73 Å². The maximum Gasteiger partial charge on any atom is 0.0280 e. The first-order valence-corrected chi connectivity index (χ1v) is 7.84. The van der Waals surface area contributed by atoms with E-state index in [1.54, 1.807) is 0 Å². The third kappa shape index (κ3) is 2.60. The van der Waals surface area contributed by atoms with Crippen molar-refractivity contribution in [2.24, 2.45) is 5.73 Å². The summed E-state index contributed by atoms with van der Waals surface area (Å²) >= 11 is 4.24. The van der Waals surface area contributed by atoms with Crippen molar-refractivity contribution in [2.75, 3.05) is 36.1 Å². The predicted octanol–water partition coefficient (Wildman–Crippen LogP) is 1.26. The van der Waals surface area contributed by atoms with Gasteiger partial charge in [-0.25, -0.2) is 0 Å². The van der Waals surface area contributed by atoms with Gasteiger partial charge in [0.25, 0.3) is 0 Å². The molecule has 1 unspecified atom stereocenters.